The van der Waals surface area contributed by atoms with Gasteiger partial charge in [0.1, 0.15) is 0 Å². The molecule has 1 aliphatic carbocycles. The van der Waals surface area contributed by atoms with Crippen LogP contribution in [0.25, 0.3) is 0 Å². The van der Waals surface area contributed by atoms with Gasteiger partial charge in [0.05, 0.1) is 0 Å². The smallest absolute Gasteiger partial charge is 0.0443 e. The Morgan fingerprint density at radius 2 is 1.13 bits per heavy atom. The van der Waals surface area contributed by atoms with E-state index in [2.05, 4.69) is 20.8 Å². The second-order valence-electron chi connectivity index (χ2n) is 3.74. The van der Waals surface area contributed by atoms with Crippen LogP contribution in [0.5, 0.6) is 0 Å². The van der Waals surface area contributed by atoms with E-state index < -0.39 is 0 Å². The fraction of sp³-hybridized carbons (Fsp3) is 1.00. The van der Waals surface area contributed by atoms with Gasteiger partial charge in [0, 0.05) is 0 Å². The summed E-state index contributed by atoms with van der Waals surface area (Å²) in [4.78, 5) is 0. The Labute approximate surface area is 99.9 Å². The van der Waals surface area contributed by atoms with Crippen LogP contribution in [0.4, 0.5) is 0 Å². The zero-order valence-corrected chi connectivity index (χ0v) is 12.5. The molecule has 96 valence electrons. The SMILES string of the molecule is CC.CC.CC1CCCC1.CCCCC. The van der Waals surface area contributed by atoms with E-state index in [9.17, 15) is 0 Å². The molecule has 0 atom stereocenters. The van der Waals surface area contributed by atoms with E-state index in [4.69, 9.17) is 0 Å². The molecule has 0 spiro atoms. The van der Waals surface area contributed by atoms with Crippen LogP contribution in [0.1, 0.15) is 93.4 Å². The summed E-state index contributed by atoms with van der Waals surface area (Å²) in [6.07, 6.45) is 10.0. The maximum Gasteiger partial charge on any atom is -0.0443 e. The van der Waals surface area contributed by atoms with Crippen molar-refractivity contribution in [1.29, 1.82) is 0 Å². The van der Waals surface area contributed by atoms with Crippen LogP contribution in [-0.2, 0) is 0 Å². The minimum Gasteiger partial charge on any atom is -0.0683 e. The molecule has 0 nitrogen and oxygen atoms in total. The number of hydrogen-bond donors (Lipinski definition) is 0. The number of hydrogen-bond acceptors (Lipinski definition) is 0. The van der Waals surface area contributed by atoms with Crippen molar-refractivity contribution in [2.24, 2.45) is 5.92 Å². The van der Waals surface area contributed by atoms with Gasteiger partial charge in [-0.3, -0.25) is 0 Å². The van der Waals surface area contributed by atoms with Crippen molar-refractivity contribution in [1.82, 2.24) is 0 Å². The lowest BCUT2D eigenvalue weighted by molar-refractivity contribution is 0.612. The lowest BCUT2D eigenvalue weighted by Crippen LogP contribution is -1.78. The van der Waals surface area contributed by atoms with Gasteiger partial charge in [-0.2, -0.15) is 0 Å². The first-order valence-corrected chi connectivity index (χ1v) is 7.31. The van der Waals surface area contributed by atoms with Crippen molar-refractivity contribution < 1.29 is 0 Å². The number of unbranched alkanes of at least 4 members (excludes halogenated alkanes) is 2. The lowest BCUT2D eigenvalue weighted by atomic mass is 10.2. The van der Waals surface area contributed by atoms with Crippen LogP contribution in [0, 0.1) is 5.92 Å². The van der Waals surface area contributed by atoms with E-state index in [1.807, 2.05) is 27.7 Å². The molecule has 0 aromatic heterocycles. The van der Waals surface area contributed by atoms with Crippen LogP contribution in [0.15, 0.2) is 0 Å². The molecular weight excluding hydrogens is 180 g/mol. The Kier molecular flexibility index (Phi) is 32.2. The molecule has 0 bridgehead atoms. The Morgan fingerprint density at radius 3 is 1.20 bits per heavy atom. The quantitative estimate of drug-likeness (QED) is 0.498. The minimum absolute atomic E-state index is 1.05. The molecule has 0 radical (unpaired) electrons. The maximum absolute atomic E-state index is 2.34. The molecule has 0 aromatic carbocycles. The third-order valence-electron chi connectivity index (χ3n) is 2.35. The van der Waals surface area contributed by atoms with Crippen molar-refractivity contribution in [3.63, 3.8) is 0 Å². The highest BCUT2D eigenvalue weighted by molar-refractivity contribution is 4.60. The van der Waals surface area contributed by atoms with Crippen molar-refractivity contribution in [3.05, 3.63) is 0 Å². The summed E-state index contributed by atoms with van der Waals surface area (Å²) in [5.74, 6) is 1.05. The molecule has 0 heterocycles. The average Bonchev–Trinajstić information content (AvgIpc) is 2.77. The summed E-state index contributed by atoms with van der Waals surface area (Å²) in [5, 5.41) is 0. The Bertz CT molecular complexity index is 58.4. The Morgan fingerprint density at radius 1 is 0.800 bits per heavy atom. The van der Waals surface area contributed by atoms with Crippen LogP contribution < -0.4 is 0 Å². The summed E-state index contributed by atoms with van der Waals surface area (Å²) >= 11 is 0. The summed E-state index contributed by atoms with van der Waals surface area (Å²) in [7, 11) is 0. The second-order valence-corrected chi connectivity index (χ2v) is 3.74. The monoisotopic (exact) mass is 216 g/mol. The van der Waals surface area contributed by atoms with Crippen molar-refractivity contribution >= 4 is 0 Å². The zero-order chi connectivity index (χ0) is 12.5. The fourth-order valence-electron chi connectivity index (χ4n) is 1.48. The standard InChI is InChI=1S/C6H12.C5H12.2C2H6/c1-6-4-2-3-5-6;1-3-5-4-2;2*1-2/h6H,2-5H2,1H3;3-5H2,1-2H3;2*1-2H3. The van der Waals surface area contributed by atoms with Crippen LogP contribution >= 0.6 is 0 Å². The van der Waals surface area contributed by atoms with Gasteiger partial charge in [-0.05, 0) is 5.92 Å². The third kappa shape index (κ3) is 24.9. The van der Waals surface area contributed by atoms with E-state index in [1.54, 1.807) is 0 Å². The first kappa shape index (κ1) is 20.4. The normalized spacial score (nSPS) is 13.8. The zero-order valence-electron chi connectivity index (χ0n) is 12.5. The van der Waals surface area contributed by atoms with Gasteiger partial charge in [-0.25, -0.2) is 0 Å². The predicted molar refractivity (Wildman–Crippen MR) is 75.5 cm³/mol. The van der Waals surface area contributed by atoms with E-state index >= 15 is 0 Å². The van der Waals surface area contributed by atoms with Gasteiger partial charge in [0.15, 0.2) is 0 Å². The molecule has 0 unspecified atom stereocenters. The Balaban J connectivity index is -0.000000146. The molecule has 1 saturated carbocycles. The van der Waals surface area contributed by atoms with Gasteiger partial charge < -0.3 is 0 Å². The molecular formula is C15H36. The van der Waals surface area contributed by atoms with Crippen molar-refractivity contribution in [2.45, 2.75) is 93.4 Å². The highest BCUT2D eigenvalue weighted by Crippen LogP contribution is 2.22. The fourth-order valence-corrected chi connectivity index (χ4v) is 1.48. The number of rotatable bonds is 2. The summed E-state index contributed by atoms with van der Waals surface area (Å²) in [6, 6.07) is 0. The van der Waals surface area contributed by atoms with Crippen molar-refractivity contribution in [3.8, 4) is 0 Å². The highest BCUT2D eigenvalue weighted by Gasteiger charge is 2.07. The summed E-state index contributed by atoms with van der Waals surface area (Å²) in [6.45, 7) is 14.8. The average molecular weight is 216 g/mol. The predicted octanol–water partition coefficient (Wildman–Crippen LogP) is 6.45. The van der Waals surface area contributed by atoms with E-state index in [0.29, 0.717) is 0 Å². The van der Waals surface area contributed by atoms with Crippen LogP contribution in [0.2, 0.25) is 0 Å². The van der Waals surface area contributed by atoms with E-state index in [0.717, 1.165) is 5.92 Å². The van der Waals surface area contributed by atoms with Gasteiger partial charge in [-0.15, -0.1) is 0 Å². The first-order valence-electron chi connectivity index (χ1n) is 7.31. The molecule has 15 heavy (non-hydrogen) atoms. The minimum atomic E-state index is 1.05. The van der Waals surface area contributed by atoms with Crippen LogP contribution in [-0.4, -0.2) is 0 Å². The summed E-state index contributed by atoms with van der Waals surface area (Å²) < 4.78 is 0. The van der Waals surface area contributed by atoms with Gasteiger partial charge >= 0.3 is 0 Å². The third-order valence-corrected chi connectivity index (χ3v) is 2.35. The molecule has 0 heteroatoms. The molecule has 1 rings (SSSR count). The molecule has 0 N–H and O–H groups in total. The molecule has 0 saturated heterocycles. The van der Waals surface area contributed by atoms with Gasteiger partial charge in [-0.1, -0.05) is 93.4 Å². The molecule has 0 amide bonds. The van der Waals surface area contributed by atoms with Gasteiger partial charge in [0.25, 0.3) is 0 Å². The van der Waals surface area contributed by atoms with Crippen molar-refractivity contribution in [2.75, 3.05) is 0 Å². The lowest BCUT2D eigenvalue weighted by Gasteiger charge is -1.91. The highest BCUT2D eigenvalue weighted by atomic mass is 14.1. The van der Waals surface area contributed by atoms with Gasteiger partial charge in [0.2, 0.25) is 0 Å². The van der Waals surface area contributed by atoms with Crippen LogP contribution in [0.3, 0.4) is 0 Å². The largest absolute Gasteiger partial charge is 0.0683 e. The molecule has 1 fully saturated rings. The molecule has 0 aromatic rings. The Hall–Kier alpha value is 0. The second kappa shape index (κ2) is 23.7. The van der Waals surface area contributed by atoms with E-state index in [-0.39, 0.29) is 0 Å². The molecule has 1 aliphatic rings. The summed E-state index contributed by atoms with van der Waals surface area (Å²) in [5.41, 5.74) is 0. The topological polar surface area (TPSA) is 0 Å². The first-order chi connectivity index (χ1) is 7.31. The molecule has 0 aliphatic heterocycles. The maximum atomic E-state index is 2.34. The van der Waals surface area contributed by atoms with E-state index in [1.165, 1.54) is 44.9 Å².